The van der Waals surface area contributed by atoms with Crippen LogP contribution >= 0.6 is 11.6 Å². The van der Waals surface area contributed by atoms with E-state index in [0.29, 0.717) is 18.1 Å². The molecule has 1 aromatic heterocycles. The van der Waals surface area contributed by atoms with Gasteiger partial charge in [0, 0.05) is 24.3 Å². The van der Waals surface area contributed by atoms with Crippen molar-refractivity contribution in [2.75, 3.05) is 27.2 Å². The van der Waals surface area contributed by atoms with Gasteiger partial charge in [0.25, 0.3) is 11.5 Å². The molecule has 1 aromatic carbocycles. The quantitative estimate of drug-likeness (QED) is 0.877. The third-order valence-corrected chi connectivity index (χ3v) is 3.63. The maximum absolute atomic E-state index is 12.4. The molecule has 1 heterocycles. The summed E-state index contributed by atoms with van der Waals surface area (Å²) in [6.45, 7) is 1.61. The van der Waals surface area contributed by atoms with Crippen LogP contribution in [0.5, 0.6) is 0 Å². The number of pyridine rings is 1. The highest BCUT2D eigenvalue weighted by Crippen LogP contribution is 2.10. The Labute approximate surface area is 140 Å². The Bertz CT molecular complexity index is 723. The molecule has 0 saturated carbocycles. The highest BCUT2D eigenvalue weighted by atomic mass is 35.5. The van der Waals surface area contributed by atoms with Gasteiger partial charge >= 0.3 is 0 Å². The van der Waals surface area contributed by atoms with Crippen LogP contribution < -0.4 is 10.9 Å². The molecule has 0 radical (unpaired) electrons. The van der Waals surface area contributed by atoms with Gasteiger partial charge in [0.05, 0.1) is 6.54 Å². The fraction of sp³-hybridized carbons (Fsp3) is 0.294. The number of nitrogens with one attached hydrogen (secondary N) is 1. The Balaban J connectivity index is 2.13. The minimum Gasteiger partial charge on any atom is -0.351 e. The minimum atomic E-state index is -0.345. The molecule has 122 valence electrons. The smallest absolute Gasteiger partial charge is 0.263 e. The first kappa shape index (κ1) is 17.2. The second-order valence-corrected chi connectivity index (χ2v) is 5.98. The molecule has 5 nitrogen and oxygen atoms in total. The highest BCUT2D eigenvalue weighted by Gasteiger charge is 2.11. The van der Waals surface area contributed by atoms with Crippen molar-refractivity contribution in [1.82, 2.24) is 14.8 Å². The maximum atomic E-state index is 12.4. The van der Waals surface area contributed by atoms with Crippen molar-refractivity contribution in [3.8, 4) is 0 Å². The zero-order valence-electron chi connectivity index (χ0n) is 13.3. The standard InChI is InChI=1S/C17H20ClN3O2/c1-20(2)11-9-19-16(22)15-4-3-10-21(17(15)23)12-13-5-7-14(18)8-6-13/h3-8,10H,9,11-12H2,1-2H3,(H,19,22). The molecular weight excluding hydrogens is 314 g/mol. The first-order chi connectivity index (χ1) is 11.0. The highest BCUT2D eigenvalue weighted by molar-refractivity contribution is 6.30. The fourth-order valence-corrected chi connectivity index (χ4v) is 2.23. The number of amides is 1. The number of hydrogen-bond acceptors (Lipinski definition) is 3. The molecule has 1 N–H and O–H groups in total. The van der Waals surface area contributed by atoms with Crippen LogP contribution in [-0.2, 0) is 6.54 Å². The monoisotopic (exact) mass is 333 g/mol. The molecule has 0 aliphatic carbocycles. The number of likely N-dealkylation sites (N-methyl/N-ethyl adjacent to an activating group) is 1. The lowest BCUT2D eigenvalue weighted by Gasteiger charge is -2.11. The van der Waals surface area contributed by atoms with Gasteiger partial charge in [0.1, 0.15) is 5.56 Å². The predicted octanol–water partition coefficient (Wildman–Crippen LogP) is 1.84. The number of hydrogen-bond donors (Lipinski definition) is 1. The van der Waals surface area contributed by atoms with Crippen LogP contribution in [0.4, 0.5) is 0 Å². The molecule has 0 atom stereocenters. The lowest BCUT2D eigenvalue weighted by molar-refractivity contribution is 0.0949. The summed E-state index contributed by atoms with van der Waals surface area (Å²) in [4.78, 5) is 26.5. The molecule has 0 unspecified atom stereocenters. The summed E-state index contributed by atoms with van der Waals surface area (Å²) >= 11 is 5.86. The molecule has 2 rings (SSSR count). The normalized spacial score (nSPS) is 10.8. The van der Waals surface area contributed by atoms with E-state index in [2.05, 4.69) is 5.32 Å². The summed E-state index contributed by atoms with van der Waals surface area (Å²) in [7, 11) is 3.85. The van der Waals surface area contributed by atoms with Crippen molar-refractivity contribution >= 4 is 17.5 Å². The van der Waals surface area contributed by atoms with Crippen LogP contribution in [0.2, 0.25) is 5.02 Å². The topological polar surface area (TPSA) is 54.3 Å². The van der Waals surface area contributed by atoms with E-state index in [-0.39, 0.29) is 17.0 Å². The average molecular weight is 334 g/mol. The van der Waals surface area contributed by atoms with E-state index in [0.717, 1.165) is 12.1 Å². The van der Waals surface area contributed by atoms with E-state index < -0.39 is 0 Å². The Morgan fingerprint density at radius 1 is 1.22 bits per heavy atom. The lowest BCUT2D eigenvalue weighted by atomic mass is 10.2. The Morgan fingerprint density at radius 3 is 2.57 bits per heavy atom. The van der Waals surface area contributed by atoms with Crippen molar-refractivity contribution in [2.45, 2.75) is 6.54 Å². The van der Waals surface area contributed by atoms with Crippen molar-refractivity contribution in [1.29, 1.82) is 0 Å². The van der Waals surface area contributed by atoms with Crippen molar-refractivity contribution in [3.05, 3.63) is 69.1 Å². The van der Waals surface area contributed by atoms with Gasteiger partial charge in [0.15, 0.2) is 0 Å². The van der Waals surface area contributed by atoms with Crippen LogP contribution in [0, 0.1) is 0 Å². The number of carbonyl (C=O) groups excluding carboxylic acids is 1. The molecule has 1 amide bonds. The van der Waals surface area contributed by atoms with Crippen LogP contribution in [-0.4, -0.2) is 42.6 Å². The van der Waals surface area contributed by atoms with Gasteiger partial charge in [-0.25, -0.2) is 0 Å². The first-order valence-electron chi connectivity index (χ1n) is 7.34. The van der Waals surface area contributed by atoms with Gasteiger partial charge in [-0.2, -0.15) is 0 Å². The van der Waals surface area contributed by atoms with Gasteiger partial charge in [-0.15, -0.1) is 0 Å². The van der Waals surface area contributed by atoms with E-state index in [1.54, 1.807) is 30.5 Å². The summed E-state index contributed by atoms with van der Waals surface area (Å²) in [6, 6.07) is 10.5. The number of carbonyl (C=O) groups is 1. The third-order valence-electron chi connectivity index (χ3n) is 3.38. The maximum Gasteiger partial charge on any atom is 0.263 e. The van der Waals surface area contributed by atoms with Crippen molar-refractivity contribution in [3.63, 3.8) is 0 Å². The molecular formula is C17H20ClN3O2. The molecule has 0 fully saturated rings. The van der Waals surface area contributed by atoms with E-state index >= 15 is 0 Å². The first-order valence-corrected chi connectivity index (χ1v) is 7.72. The van der Waals surface area contributed by atoms with Crippen molar-refractivity contribution in [2.24, 2.45) is 0 Å². The number of aromatic nitrogens is 1. The summed E-state index contributed by atoms with van der Waals surface area (Å²) < 4.78 is 1.52. The van der Waals surface area contributed by atoms with E-state index in [1.165, 1.54) is 4.57 Å². The second kappa shape index (κ2) is 7.94. The van der Waals surface area contributed by atoms with Gasteiger partial charge < -0.3 is 14.8 Å². The van der Waals surface area contributed by atoms with E-state index in [9.17, 15) is 9.59 Å². The van der Waals surface area contributed by atoms with Gasteiger partial charge in [-0.05, 0) is 43.9 Å². The number of benzene rings is 1. The Morgan fingerprint density at radius 2 is 1.91 bits per heavy atom. The van der Waals surface area contributed by atoms with Crippen LogP contribution in [0.3, 0.4) is 0 Å². The molecule has 0 aliphatic rings. The number of halogens is 1. The minimum absolute atomic E-state index is 0.153. The summed E-state index contributed by atoms with van der Waals surface area (Å²) in [5.41, 5.74) is 0.798. The van der Waals surface area contributed by atoms with Crippen molar-refractivity contribution < 1.29 is 4.79 Å². The third kappa shape index (κ3) is 4.94. The van der Waals surface area contributed by atoms with Crippen LogP contribution in [0.1, 0.15) is 15.9 Å². The molecule has 0 bridgehead atoms. The summed E-state index contributed by atoms with van der Waals surface area (Å²) in [5, 5.41) is 3.41. The van der Waals surface area contributed by atoms with Crippen LogP contribution in [0.15, 0.2) is 47.4 Å². The zero-order valence-corrected chi connectivity index (χ0v) is 14.0. The lowest BCUT2D eigenvalue weighted by Crippen LogP contribution is -2.36. The van der Waals surface area contributed by atoms with Gasteiger partial charge in [0.2, 0.25) is 0 Å². The second-order valence-electron chi connectivity index (χ2n) is 5.54. The number of rotatable bonds is 6. The SMILES string of the molecule is CN(C)CCNC(=O)c1cccn(Cc2ccc(Cl)cc2)c1=O. The Kier molecular flexibility index (Phi) is 5.96. The fourth-order valence-electron chi connectivity index (χ4n) is 2.11. The number of nitrogens with zero attached hydrogens (tertiary/aromatic N) is 2. The molecule has 6 heteroatoms. The molecule has 0 saturated heterocycles. The van der Waals surface area contributed by atoms with E-state index in [1.807, 2.05) is 31.1 Å². The average Bonchev–Trinajstić information content (AvgIpc) is 2.51. The molecule has 0 aliphatic heterocycles. The Hall–Kier alpha value is -2.11. The molecule has 23 heavy (non-hydrogen) atoms. The van der Waals surface area contributed by atoms with E-state index in [4.69, 9.17) is 11.6 Å². The summed E-state index contributed by atoms with van der Waals surface area (Å²) in [5.74, 6) is -0.345. The largest absolute Gasteiger partial charge is 0.351 e. The van der Waals surface area contributed by atoms with Crippen LogP contribution in [0.25, 0.3) is 0 Å². The van der Waals surface area contributed by atoms with Gasteiger partial charge in [-0.1, -0.05) is 23.7 Å². The molecule has 0 spiro atoms. The molecule has 2 aromatic rings. The predicted molar refractivity (Wildman–Crippen MR) is 92.1 cm³/mol. The van der Waals surface area contributed by atoms with Gasteiger partial charge in [-0.3, -0.25) is 9.59 Å². The zero-order chi connectivity index (χ0) is 16.8. The summed E-state index contributed by atoms with van der Waals surface area (Å²) in [6.07, 6.45) is 1.67.